The number of furan rings is 1. The smallest absolute Gasteiger partial charge is 0.136 e. The van der Waals surface area contributed by atoms with Crippen molar-refractivity contribution in [1.82, 2.24) is 0 Å². The first-order valence-electron chi connectivity index (χ1n) is 24.4. The molecule has 0 unspecified atom stereocenters. The zero-order valence-electron chi connectivity index (χ0n) is 42.0. The highest BCUT2D eigenvalue weighted by Crippen LogP contribution is 2.48. The molecule has 1 heteroatoms. The van der Waals surface area contributed by atoms with E-state index in [0.717, 1.165) is 44.2 Å². The van der Waals surface area contributed by atoms with E-state index >= 15 is 0 Å². The molecule has 0 radical (unpaired) electrons. The molecule has 0 spiro atoms. The van der Waals surface area contributed by atoms with Crippen molar-refractivity contribution in [3.8, 4) is 55.6 Å². The largest absolute Gasteiger partial charge is 0.456 e. The normalized spacial score (nSPS) is 14.9. The second-order valence-electron chi connectivity index (χ2n) is 13.4. The Hall–Kier alpha value is -7.22. The van der Waals surface area contributed by atoms with Crippen molar-refractivity contribution in [2.24, 2.45) is 0 Å². The Labute approximate surface area is 337 Å². The molecule has 1 heterocycles. The van der Waals surface area contributed by atoms with Gasteiger partial charge in [0.2, 0.25) is 0 Å². The summed E-state index contributed by atoms with van der Waals surface area (Å²) in [5, 5.41) is 2.98. The van der Waals surface area contributed by atoms with Crippen molar-refractivity contribution < 1.29 is 22.2 Å². The molecule has 1 nitrogen and oxygen atoms in total. The third-order valence-corrected chi connectivity index (χ3v) is 10.4. The molecular weight excluding hydrogens is 665 g/mol. The molecule has 0 aliphatic rings. The van der Waals surface area contributed by atoms with Gasteiger partial charge >= 0.3 is 0 Å². The fourth-order valence-electron chi connectivity index (χ4n) is 7.98. The Kier molecular flexibility index (Phi) is 4.83. The monoisotopic (exact) mass is 711 g/mol. The van der Waals surface area contributed by atoms with Crippen LogP contribution in [-0.2, 0) is 0 Å². The van der Waals surface area contributed by atoms with Crippen LogP contribution in [0.3, 0.4) is 0 Å². The van der Waals surface area contributed by atoms with Crippen LogP contribution in [0.1, 0.15) is 17.8 Å². The van der Waals surface area contributed by atoms with Crippen molar-refractivity contribution in [2.75, 3.05) is 0 Å². The summed E-state index contributed by atoms with van der Waals surface area (Å²) in [4.78, 5) is 0. The Morgan fingerprint density at radius 2 is 0.855 bits per heavy atom. The Bertz CT molecular complexity index is 3880. The summed E-state index contributed by atoms with van der Waals surface area (Å²) in [7, 11) is 0. The van der Waals surface area contributed by atoms with Gasteiger partial charge in [-0.3, -0.25) is 0 Å². The van der Waals surface area contributed by atoms with Crippen molar-refractivity contribution >= 4 is 54.3 Å². The zero-order valence-corrected chi connectivity index (χ0v) is 29.0. The summed E-state index contributed by atoms with van der Waals surface area (Å²) < 4.78 is 124. The second kappa shape index (κ2) is 12.7. The van der Waals surface area contributed by atoms with Gasteiger partial charge in [0.25, 0.3) is 0 Å². The van der Waals surface area contributed by atoms with Gasteiger partial charge in [-0.25, -0.2) is 0 Å². The molecule has 0 fully saturated rings. The molecule has 1 aromatic heterocycles. The van der Waals surface area contributed by atoms with E-state index in [2.05, 4.69) is 6.07 Å². The van der Waals surface area contributed by atoms with Gasteiger partial charge in [-0.15, -0.1) is 0 Å². The van der Waals surface area contributed by atoms with Crippen LogP contribution < -0.4 is 0 Å². The predicted molar refractivity (Wildman–Crippen MR) is 233 cm³/mol. The van der Waals surface area contributed by atoms with Gasteiger partial charge in [-0.2, -0.15) is 0 Å². The minimum Gasteiger partial charge on any atom is -0.456 e. The number of fused-ring (bicyclic) bond motifs is 6. The van der Waals surface area contributed by atoms with Crippen molar-refractivity contribution in [3.05, 3.63) is 206 Å². The first-order valence-corrected chi connectivity index (χ1v) is 17.9. The van der Waals surface area contributed by atoms with Gasteiger partial charge in [-0.05, 0) is 100 Å². The molecule has 0 amide bonds. The average Bonchev–Trinajstić information content (AvgIpc) is 3.75. The van der Waals surface area contributed by atoms with E-state index in [0.29, 0.717) is 16.3 Å². The summed E-state index contributed by atoms with van der Waals surface area (Å²) in [6.45, 7) is 0. The standard InChI is InChI=1S/C54H34O/c1-2-13-37(14-3-1)43-34-33-38-15-4-5-16-42(38)53(43)54-46-19-8-6-17-44(46)51(45-18-7-9-20-47(45)54)40-31-27-36(28-32-40)35-25-29-39(30-26-35)41-22-12-24-50-52(41)48-21-10-11-23-49(48)55-50/h1-34H/i1D,2D,3D,6D,7D,8D,9D,13D,14D,17D,18D,19D,20D. The zero-order chi connectivity index (χ0) is 47.6. The third-order valence-electron chi connectivity index (χ3n) is 10.4. The predicted octanol–water partition coefficient (Wildman–Crippen LogP) is 15.4. The van der Waals surface area contributed by atoms with Gasteiger partial charge in [-0.1, -0.05) is 194 Å². The molecule has 55 heavy (non-hydrogen) atoms. The molecular formula is C54H34O. The molecule has 11 aromatic rings. The summed E-state index contributed by atoms with van der Waals surface area (Å²) in [6, 6.07) is 32.7. The summed E-state index contributed by atoms with van der Waals surface area (Å²) in [6.07, 6.45) is 0. The summed E-state index contributed by atoms with van der Waals surface area (Å²) in [5.41, 5.74) is 6.00. The number of hydrogen-bond donors (Lipinski definition) is 0. The number of benzene rings is 10. The number of para-hydroxylation sites is 1. The molecule has 0 bridgehead atoms. The lowest BCUT2D eigenvalue weighted by atomic mass is 9.82. The molecule has 0 saturated heterocycles. The summed E-state index contributed by atoms with van der Waals surface area (Å²) in [5.74, 6) is 0. The maximum atomic E-state index is 9.59. The Morgan fingerprint density at radius 3 is 1.55 bits per heavy atom. The van der Waals surface area contributed by atoms with Gasteiger partial charge in [0.1, 0.15) is 11.2 Å². The third kappa shape index (κ3) is 5.09. The maximum absolute atomic E-state index is 9.59. The lowest BCUT2D eigenvalue weighted by Gasteiger charge is -2.21. The average molecular weight is 712 g/mol. The van der Waals surface area contributed by atoms with Crippen molar-refractivity contribution in [2.45, 2.75) is 0 Å². The van der Waals surface area contributed by atoms with Crippen LogP contribution in [0.4, 0.5) is 0 Å². The van der Waals surface area contributed by atoms with Gasteiger partial charge in [0.05, 0.1) is 17.8 Å². The molecule has 0 atom stereocenters. The minimum absolute atomic E-state index is 0.00665. The van der Waals surface area contributed by atoms with E-state index in [4.69, 9.17) is 16.8 Å². The first-order chi connectivity index (χ1) is 32.7. The SMILES string of the molecule is [2H]c1c([2H])c([2H])c(-c2ccc3ccccc3c2-c2c3c([2H])c([2H])c([2H])c([2H])c3c(-c3ccc(-c4ccc(-c5cccc6oc7ccccc7c56)cc4)cc3)c3c([2H])c([2H])c([2H])c([2H])c23)c([2H])c1[2H]. The van der Waals surface area contributed by atoms with E-state index in [1.54, 1.807) is 48.5 Å². The molecule has 0 N–H and O–H groups in total. The maximum Gasteiger partial charge on any atom is 0.136 e. The van der Waals surface area contributed by atoms with Gasteiger partial charge in [0, 0.05) is 10.8 Å². The highest BCUT2D eigenvalue weighted by atomic mass is 16.3. The molecule has 256 valence electrons. The van der Waals surface area contributed by atoms with Crippen LogP contribution >= 0.6 is 0 Å². The van der Waals surface area contributed by atoms with E-state index in [1.807, 2.05) is 72.8 Å². The van der Waals surface area contributed by atoms with E-state index in [-0.39, 0.29) is 49.4 Å². The fraction of sp³-hybridized carbons (Fsp3) is 0. The molecule has 0 aliphatic carbocycles. The van der Waals surface area contributed by atoms with E-state index < -0.39 is 78.6 Å². The molecule has 0 aliphatic heterocycles. The lowest BCUT2D eigenvalue weighted by Crippen LogP contribution is -1.94. The highest BCUT2D eigenvalue weighted by Gasteiger charge is 2.21. The lowest BCUT2D eigenvalue weighted by molar-refractivity contribution is 0.669. The second-order valence-corrected chi connectivity index (χ2v) is 13.4. The van der Waals surface area contributed by atoms with Gasteiger partial charge in [0.15, 0.2) is 0 Å². The van der Waals surface area contributed by atoms with E-state index in [9.17, 15) is 5.48 Å². The first kappa shape index (κ1) is 20.9. The Morgan fingerprint density at radius 1 is 0.309 bits per heavy atom. The van der Waals surface area contributed by atoms with Crippen molar-refractivity contribution in [1.29, 1.82) is 0 Å². The van der Waals surface area contributed by atoms with Gasteiger partial charge < -0.3 is 4.42 Å². The van der Waals surface area contributed by atoms with Crippen LogP contribution in [0.25, 0.3) is 110 Å². The molecule has 11 rings (SSSR count). The highest BCUT2D eigenvalue weighted by molar-refractivity contribution is 6.25. The van der Waals surface area contributed by atoms with Crippen LogP contribution in [0.15, 0.2) is 210 Å². The number of hydrogen-bond acceptors (Lipinski definition) is 1. The van der Waals surface area contributed by atoms with Crippen LogP contribution in [0, 0.1) is 0 Å². The Balaban J connectivity index is 1.19. The van der Waals surface area contributed by atoms with Crippen LogP contribution in [0.2, 0.25) is 0 Å². The molecule has 0 saturated carbocycles. The fourth-order valence-corrected chi connectivity index (χ4v) is 7.98. The molecule has 10 aromatic carbocycles. The van der Waals surface area contributed by atoms with Crippen molar-refractivity contribution in [3.63, 3.8) is 0 Å². The van der Waals surface area contributed by atoms with E-state index in [1.165, 1.54) is 0 Å². The topological polar surface area (TPSA) is 13.1 Å². The summed E-state index contributed by atoms with van der Waals surface area (Å²) >= 11 is 0. The quantitative estimate of drug-likeness (QED) is 0.162. The van der Waals surface area contributed by atoms with Crippen LogP contribution in [-0.4, -0.2) is 0 Å². The number of rotatable bonds is 5. The minimum atomic E-state index is -0.602. The van der Waals surface area contributed by atoms with Crippen LogP contribution in [0.5, 0.6) is 0 Å².